The van der Waals surface area contributed by atoms with Crippen molar-refractivity contribution in [2.24, 2.45) is 5.92 Å². The van der Waals surface area contributed by atoms with Gasteiger partial charge in [-0.15, -0.1) is 0 Å². The first kappa shape index (κ1) is 14.3. The highest BCUT2D eigenvalue weighted by molar-refractivity contribution is 7.99. The summed E-state index contributed by atoms with van der Waals surface area (Å²) >= 11 is 1.99. The third-order valence-corrected chi connectivity index (χ3v) is 3.22. The highest BCUT2D eigenvalue weighted by atomic mass is 32.2. The molecule has 1 unspecified atom stereocenters. The predicted octanol–water partition coefficient (Wildman–Crippen LogP) is 2.13. The highest BCUT2D eigenvalue weighted by Gasteiger charge is 2.07. The number of thioether (sulfide) groups is 1. The number of nitrogens with one attached hydrogen (secondary N) is 1. The molecule has 0 aromatic heterocycles. The minimum atomic E-state index is -0.146. The maximum atomic E-state index is 9.52. The van der Waals surface area contributed by atoms with Crippen LogP contribution in [-0.2, 0) is 0 Å². The van der Waals surface area contributed by atoms with Crippen molar-refractivity contribution in [3.63, 3.8) is 0 Å². The van der Waals surface area contributed by atoms with Crippen molar-refractivity contribution in [3.8, 4) is 0 Å². The van der Waals surface area contributed by atoms with Crippen LogP contribution in [0.4, 0.5) is 0 Å². The third-order valence-electron chi connectivity index (χ3n) is 2.23. The van der Waals surface area contributed by atoms with E-state index in [1.165, 1.54) is 17.9 Å². The van der Waals surface area contributed by atoms with Gasteiger partial charge in [-0.3, -0.25) is 0 Å². The van der Waals surface area contributed by atoms with E-state index in [1.54, 1.807) is 0 Å². The summed E-state index contributed by atoms with van der Waals surface area (Å²) in [5.41, 5.74) is 0. The molecule has 0 aliphatic carbocycles. The van der Waals surface area contributed by atoms with E-state index < -0.39 is 0 Å². The summed E-state index contributed by atoms with van der Waals surface area (Å²) in [7, 11) is 0. The van der Waals surface area contributed by atoms with Crippen LogP contribution in [0, 0.1) is 5.92 Å². The van der Waals surface area contributed by atoms with Crippen molar-refractivity contribution in [2.75, 3.05) is 24.6 Å². The number of hydrogen-bond acceptors (Lipinski definition) is 3. The second kappa shape index (κ2) is 9.81. The number of aliphatic hydroxyl groups excluding tert-OH is 1. The molecule has 0 fully saturated rings. The first-order valence-electron chi connectivity index (χ1n) is 5.65. The van der Waals surface area contributed by atoms with Gasteiger partial charge in [0.2, 0.25) is 0 Å². The van der Waals surface area contributed by atoms with Gasteiger partial charge >= 0.3 is 0 Å². The molecular weight excluding hydrogens is 194 g/mol. The molecule has 2 N–H and O–H groups in total. The molecule has 0 spiro atoms. The minimum absolute atomic E-state index is 0.146. The van der Waals surface area contributed by atoms with Gasteiger partial charge in [-0.1, -0.05) is 20.8 Å². The normalized spacial score (nSPS) is 13.5. The summed E-state index contributed by atoms with van der Waals surface area (Å²) < 4.78 is 0. The van der Waals surface area contributed by atoms with Crippen molar-refractivity contribution in [1.29, 1.82) is 0 Å². The average molecular weight is 219 g/mol. The maximum Gasteiger partial charge on any atom is 0.0575 e. The molecule has 0 aliphatic heterocycles. The van der Waals surface area contributed by atoms with E-state index in [2.05, 4.69) is 26.1 Å². The van der Waals surface area contributed by atoms with Gasteiger partial charge in [-0.25, -0.2) is 0 Å². The van der Waals surface area contributed by atoms with Gasteiger partial charge in [-0.2, -0.15) is 11.8 Å². The highest BCUT2D eigenvalue weighted by Crippen LogP contribution is 2.04. The maximum absolute atomic E-state index is 9.52. The van der Waals surface area contributed by atoms with E-state index in [0.717, 1.165) is 19.5 Å². The van der Waals surface area contributed by atoms with Crippen LogP contribution >= 0.6 is 11.8 Å². The van der Waals surface area contributed by atoms with Gasteiger partial charge in [0.1, 0.15) is 0 Å². The van der Waals surface area contributed by atoms with Crippen molar-refractivity contribution >= 4 is 11.8 Å². The molecule has 1 atom stereocenters. The zero-order valence-corrected chi connectivity index (χ0v) is 10.6. The van der Waals surface area contributed by atoms with Gasteiger partial charge < -0.3 is 10.4 Å². The van der Waals surface area contributed by atoms with Crippen LogP contribution in [0.1, 0.15) is 33.6 Å². The van der Waals surface area contributed by atoms with Crippen LogP contribution in [-0.4, -0.2) is 35.8 Å². The molecule has 3 heteroatoms. The van der Waals surface area contributed by atoms with Gasteiger partial charge in [0, 0.05) is 0 Å². The molecule has 0 saturated carbocycles. The fourth-order valence-corrected chi connectivity index (χ4v) is 1.79. The molecule has 14 heavy (non-hydrogen) atoms. The Morgan fingerprint density at radius 2 is 2.00 bits per heavy atom. The molecule has 0 aromatic rings. The molecule has 0 bridgehead atoms. The largest absolute Gasteiger partial charge is 0.393 e. The lowest BCUT2D eigenvalue weighted by Crippen LogP contribution is -2.24. The topological polar surface area (TPSA) is 32.3 Å². The Bertz CT molecular complexity index is 120. The second-order valence-corrected chi connectivity index (χ2v) is 5.29. The van der Waals surface area contributed by atoms with E-state index in [0.29, 0.717) is 5.92 Å². The van der Waals surface area contributed by atoms with Crippen LogP contribution in [0.15, 0.2) is 0 Å². The Hall–Kier alpha value is 0.270. The summed E-state index contributed by atoms with van der Waals surface area (Å²) in [4.78, 5) is 0. The Labute approximate surface area is 92.9 Å². The summed E-state index contributed by atoms with van der Waals surface area (Å²) in [5.74, 6) is 2.84. The smallest absolute Gasteiger partial charge is 0.0575 e. The molecule has 0 heterocycles. The lowest BCUT2D eigenvalue weighted by molar-refractivity contribution is 0.116. The summed E-state index contributed by atoms with van der Waals surface area (Å²) in [6.07, 6.45) is 1.96. The SMILES string of the molecule is CCSCCCNCCC(O)C(C)C. The fraction of sp³-hybridized carbons (Fsp3) is 1.00. The molecule has 0 radical (unpaired) electrons. The molecule has 86 valence electrons. The van der Waals surface area contributed by atoms with Gasteiger partial charge in [0.05, 0.1) is 6.10 Å². The van der Waals surface area contributed by atoms with Crippen molar-refractivity contribution in [3.05, 3.63) is 0 Å². The summed E-state index contributed by atoms with van der Waals surface area (Å²) in [6.45, 7) is 8.33. The van der Waals surface area contributed by atoms with E-state index in [4.69, 9.17) is 0 Å². The van der Waals surface area contributed by atoms with E-state index >= 15 is 0 Å². The summed E-state index contributed by atoms with van der Waals surface area (Å²) in [6, 6.07) is 0. The number of rotatable bonds is 9. The Balaban J connectivity index is 3.06. The van der Waals surface area contributed by atoms with Gasteiger partial charge in [0.15, 0.2) is 0 Å². The first-order chi connectivity index (χ1) is 6.68. The Morgan fingerprint density at radius 3 is 2.57 bits per heavy atom. The Morgan fingerprint density at radius 1 is 1.29 bits per heavy atom. The first-order valence-corrected chi connectivity index (χ1v) is 6.80. The van der Waals surface area contributed by atoms with E-state index in [-0.39, 0.29) is 6.10 Å². The van der Waals surface area contributed by atoms with Crippen molar-refractivity contribution in [1.82, 2.24) is 5.32 Å². The van der Waals surface area contributed by atoms with Gasteiger partial charge in [0.25, 0.3) is 0 Å². The van der Waals surface area contributed by atoms with Gasteiger partial charge in [-0.05, 0) is 43.4 Å². The van der Waals surface area contributed by atoms with E-state index in [1.807, 2.05) is 11.8 Å². The molecule has 2 nitrogen and oxygen atoms in total. The monoisotopic (exact) mass is 219 g/mol. The van der Waals surface area contributed by atoms with Crippen LogP contribution < -0.4 is 5.32 Å². The number of hydrogen-bond donors (Lipinski definition) is 2. The average Bonchev–Trinajstić information content (AvgIpc) is 2.16. The summed E-state index contributed by atoms with van der Waals surface area (Å²) in [5, 5.41) is 12.9. The zero-order chi connectivity index (χ0) is 10.8. The van der Waals surface area contributed by atoms with Crippen LogP contribution in [0.25, 0.3) is 0 Å². The standard InChI is InChI=1S/C11H25NOS/c1-4-14-9-5-7-12-8-6-11(13)10(2)3/h10-13H,4-9H2,1-3H3. The van der Waals surface area contributed by atoms with Crippen molar-refractivity contribution in [2.45, 2.75) is 39.7 Å². The third kappa shape index (κ3) is 8.85. The van der Waals surface area contributed by atoms with Crippen LogP contribution in [0.2, 0.25) is 0 Å². The van der Waals surface area contributed by atoms with Crippen molar-refractivity contribution < 1.29 is 5.11 Å². The molecule has 0 aliphatic rings. The molecule has 0 aromatic carbocycles. The minimum Gasteiger partial charge on any atom is -0.393 e. The Kier molecular flexibility index (Phi) is 10.0. The molecule has 0 rings (SSSR count). The van der Waals surface area contributed by atoms with Crippen LogP contribution in [0.5, 0.6) is 0 Å². The van der Waals surface area contributed by atoms with Crippen LogP contribution in [0.3, 0.4) is 0 Å². The molecular formula is C11H25NOS. The second-order valence-electron chi connectivity index (χ2n) is 3.90. The number of aliphatic hydroxyl groups is 1. The predicted molar refractivity (Wildman–Crippen MR) is 65.9 cm³/mol. The zero-order valence-electron chi connectivity index (χ0n) is 9.75. The lowest BCUT2D eigenvalue weighted by atomic mass is 10.0. The lowest BCUT2D eigenvalue weighted by Gasteiger charge is -2.14. The quantitative estimate of drug-likeness (QED) is 0.583. The van der Waals surface area contributed by atoms with E-state index in [9.17, 15) is 5.11 Å². The fourth-order valence-electron chi connectivity index (χ4n) is 1.15. The molecule has 0 saturated heterocycles. The molecule has 0 amide bonds.